The molecule has 0 aliphatic carbocycles. The molecular weight excluding hydrogens is 259 g/mol. The molecule has 1 unspecified atom stereocenters. The lowest BCUT2D eigenvalue weighted by molar-refractivity contribution is -0.386. The van der Waals surface area contributed by atoms with E-state index in [0.717, 1.165) is 6.07 Å². The number of rotatable bonds is 6. The number of benzene rings is 1. The molecular formula is C11H11FN2O5. The maximum atomic E-state index is 12.1. The van der Waals surface area contributed by atoms with Gasteiger partial charge in [0.05, 0.1) is 10.5 Å². The van der Waals surface area contributed by atoms with E-state index in [-0.39, 0.29) is 16.9 Å². The van der Waals surface area contributed by atoms with Gasteiger partial charge in [-0.3, -0.25) is 14.9 Å². The van der Waals surface area contributed by atoms with Gasteiger partial charge in [-0.25, -0.2) is 4.39 Å². The molecule has 8 heteroatoms. The topological polar surface area (TPSA) is 98.5 Å². The highest BCUT2D eigenvalue weighted by molar-refractivity contribution is 5.92. The van der Waals surface area contributed by atoms with Crippen LogP contribution in [-0.2, 0) is 14.3 Å². The van der Waals surface area contributed by atoms with Gasteiger partial charge in [-0.1, -0.05) is 0 Å². The summed E-state index contributed by atoms with van der Waals surface area (Å²) in [7, 11) is 1.22. The zero-order chi connectivity index (χ0) is 14.4. The lowest BCUT2D eigenvalue weighted by Crippen LogP contribution is -2.14. The van der Waals surface area contributed by atoms with Gasteiger partial charge in [0.25, 0.3) is 11.6 Å². The summed E-state index contributed by atoms with van der Waals surface area (Å²) in [5.74, 6) is -0.889. The van der Waals surface area contributed by atoms with Gasteiger partial charge < -0.3 is 14.8 Å². The summed E-state index contributed by atoms with van der Waals surface area (Å²) in [6.45, 7) is -1.21. The molecule has 0 saturated heterocycles. The first kappa shape index (κ1) is 14.7. The van der Waals surface area contributed by atoms with Crippen molar-refractivity contribution in [2.45, 2.75) is 6.10 Å². The maximum Gasteiger partial charge on any atom is 0.275 e. The lowest BCUT2D eigenvalue weighted by atomic mass is 10.1. The van der Waals surface area contributed by atoms with Gasteiger partial charge in [-0.05, 0) is 12.1 Å². The van der Waals surface area contributed by atoms with Crippen LogP contribution in [0.25, 0.3) is 0 Å². The second kappa shape index (κ2) is 6.55. The van der Waals surface area contributed by atoms with Crippen LogP contribution in [0.2, 0.25) is 0 Å². The van der Waals surface area contributed by atoms with Crippen LogP contribution in [0.15, 0.2) is 18.2 Å². The summed E-state index contributed by atoms with van der Waals surface area (Å²) in [4.78, 5) is 31.9. The monoisotopic (exact) mass is 270 g/mol. The highest BCUT2D eigenvalue weighted by Gasteiger charge is 2.22. The number of alkyl halides is 1. The number of nitro groups is 1. The van der Waals surface area contributed by atoms with Gasteiger partial charge in [0.2, 0.25) is 0 Å². The fourth-order valence-corrected chi connectivity index (χ4v) is 1.48. The van der Waals surface area contributed by atoms with Crippen LogP contribution >= 0.6 is 0 Å². The van der Waals surface area contributed by atoms with E-state index >= 15 is 0 Å². The Balaban J connectivity index is 3.21. The fraction of sp³-hybridized carbons (Fsp3) is 0.273. The van der Waals surface area contributed by atoms with E-state index < -0.39 is 23.6 Å². The van der Waals surface area contributed by atoms with Gasteiger partial charge in [0.15, 0.2) is 13.0 Å². The van der Waals surface area contributed by atoms with Gasteiger partial charge in [0, 0.05) is 18.9 Å². The zero-order valence-electron chi connectivity index (χ0n) is 9.96. The largest absolute Gasteiger partial charge is 0.369 e. The van der Waals surface area contributed by atoms with Crippen molar-refractivity contribution in [3.63, 3.8) is 0 Å². The summed E-state index contributed by atoms with van der Waals surface area (Å²) < 4.78 is 16.9. The van der Waals surface area contributed by atoms with Gasteiger partial charge in [-0.2, -0.15) is 0 Å². The van der Waals surface area contributed by atoms with Crippen LogP contribution in [0.4, 0.5) is 15.8 Å². The molecule has 1 aromatic rings. The molecule has 1 amide bonds. The van der Waals surface area contributed by atoms with Crippen molar-refractivity contribution in [3.8, 4) is 0 Å². The minimum Gasteiger partial charge on any atom is -0.369 e. The van der Waals surface area contributed by atoms with Crippen molar-refractivity contribution in [2.24, 2.45) is 0 Å². The normalized spacial score (nSPS) is 11.7. The van der Waals surface area contributed by atoms with Crippen LogP contribution in [0.3, 0.4) is 0 Å². The summed E-state index contributed by atoms with van der Waals surface area (Å²) in [5, 5.41) is 13.0. The third-order valence-electron chi connectivity index (χ3n) is 2.31. The van der Waals surface area contributed by atoms with E-state index in [1.165, 1.54) is 19.2 Å². The number of carbonyl (C=O) groups is 2. The number of nitrogens with one attached hydrogen (secondary N) is 1. The third-order valence-corrected chi connectivity index (χ3v) is 2.31. The third kappa shape index (κ3) is 3.55. The molecule has 1 aromatic carbocycles. The number of amides is 1. The zero-order valence-corrected chi connectivity index (χ0v) is 9.96. The number of nitrogens with zero attached hydrogens (tertiary/aromatic N) is 1. The molecule has 1 atom stereocenters. The minimum atomic E-state index is -1.21. The number of ether oxygens (including phenoxy) is 1. The molecule has 1 N–H and O–H groups in total. The van der Waals surface area contributed by atoms with E-state index in [9.17, 15) is 24.1 Å². The Hall–Kier alpha value is -2.35. The standard InChI is InChI=1S/C11H11FN2O5/c1-19-10(6-15)8-4-7(13-11(16)5-12)2-3-9(8)14(17)18/h2-4,6,10H,5H2,1H3,(H,13,16). The van der Waals surface area contributed by atoms with E-state index in [4.69, 9.17) is 4.74 Å². The Labute approximate surface area is 107 Å². The number of halogens is 1. The molecule has 0 bridgehead atoms. The Morgan fingerprint density at radius 3 is 2.79 bits per heavy atom. The molecule has 1 rings (SSSR count). The number of hydrogen-bond donors (Lipinski definition) is 1. The van der Waals surface area contributed by atoms with Crippen molar-refractivity contribution in [3.05, 3.63) is 33.9 Å². The number of hydrogen-bond acceptors (Lipinski definition) is 5. The summed E-state index contributed by atoms with van der Waals surface area (Å²) in [5.41, 5.74) is -0.191. The molecule has 0 saturated carbocycles. The molecule has 19 heavy (non-hydrogen) atoms. The molecule has 7 nitrogen and oxygen atoms in total. The number of anilines is 1. The number of aldehydes is 1. The van der Waals surface area contributed by atoms with Gasteiger partial charge in [-0.15, -0.1) is 0 Å². The highest BCUT2D eigenvalue weighted by Crippen LogP contribution is 2.29. The van der Waals surface area contributed by atoms with Crippen LogP contribution in [-0.4, -0.2) is 30.9 Å². The Kier molecular flexibility index (Phi) is 5.07. The minimum absolute atomic E-state index is 0.0147. The second-order valence-electron chi connectivity index (χ2n) is 3.50. The number of methoxy groups -OCH3 is 1. The molecule has 0 spiro atoms. The van der Waals surface area contributed by atoms with Crippen molar-refractivity contribution in [1.82, 2.24) is 0 Å². The van der Waals surface area contributed by atoms with Crippen molar-refractivity contribution in [2.75, 3.05) is 19.1 Å². The Bertz CT molecular complexity index is 506. The summed E-state index contributed by atoms with van der Waals surface area (Å²) in [6.07, 6.45) is -0.745. The fourth-order valence-electron chi connectivity index (χ4n) is 1.48. The second-order valence-corrected chi connectivity index (χ2v) is 3.50. The lowest BCUT2D eigenvalue weighted by Gasteiger charge is -2.11. The van der Waals surface area contributed by atoms with E-state index in [2.05, 4.69) is 5.32 Å². The number of carbonyl (C=O) groups excluding carboxylic acids is 2. The van der Waals surface area contributed by atoms with Crippen LogP contribution < -0.4 is 5.32 Å². The summed E-state index contributed by atoms with van der Waals surface area (Å²) in [6, 6.07) is 3.56. The smallest absolute Gasteiger partial charge is 0.275 e. The van der Waals surface area contributed by atoms with Crippen LogP contribution in [0.1, 0.15) is 11.7 Å². The Morgan fingerprint density at radius 1 is 1.63 bits per heavy atom. The van der Waals surface area contributed by atoms with E-state index in [1.54, 1.807) is 0 Å². The predicted molar refractivity (Wildman–Crippen MR) is 63.5 cm³/mol. The first-order valence-electron chi connectivity index (χ1n) is 5.15. The van der Waals surface area contributed by atoms with Gasteiger partial charge in [0.1, 0.15) is 6.10 Å². The van der Waals surface area contributed by atoms with Crippen molar-refractivity contribution >= 4 is 23.6 Å². The van der Waals surface area contributed by atoms with Gasteiger partial charge >= 0.3 is 0 Å². The average molecular weight is 270 g/mol. The molecule has 0 aromatic heterocycles. The SMILES string of the molecule is COC(C=O)c1cc(NC(=O)CF)ccc1[N+](=O)[O-]. The molecule has 0 fully saturated rings. The molecule has 0 radical (unpaired) electrons. The Morgan fingerprint density at radius 2 is 2.32 bits per heavy atom. The maximum absolute atomic E-state index is 12.1. The van der Waals surface area contributed by atoms with E-state index in [0.29, 0.717) is 6.29 Å². The average Bonchev–Trinajstić information content (AvgIpc) is 2.40. The predicted octanol–water partition coefficient (Wildman–Crippen LogP) is 1.39. The highest BCUT2D eigenvalue weighted by atomic mass is 19.1. The van der Waals surface area contributed by atoms with E-state index in [1.807, 2.05) is 0 Å². The van der Waals surface area contributed by atoms with Crippen molar-refractivity contribution in [1.29, 1.82) is 0 Å². The summed E-state index contributed by atoms with van der Waals surface area (Å²) >= 11 is 0. The molecule has 102 valence electrons. The first-order chi connectivity index (χ1) is 9.03. The molecule has 0 aliphatic heterocycles. The first-order valence-corrected chi connectivity index (χ1v) is 5.15. The van der Waals surface area contributed by atoms with Crippen LogP contribution in [0.5, 0.6) is 0 Å². The van der Waals surface area contributed by atoms with Crippen molar-refractivity contribution < 1.29 is 23.6 Å². The van der Waals surface area contributed by atoms with Crippen LogP contribution in [0, 0.1) is 10.1 Å². The molecule has 0 aliphatic rings. The number of nitro benzene ring substituents is 1. The molecule has 0 heterocycles. The quantitative estimate of drug-likeness (QED) is 0.478.